The van der Waals surface area contributed by atoms with E-state index in [1.54, 1.807) is 36.5 Å². The number of Topliss-reactive ketones (excluding diaryl/α,β-unsaturated/α-hetero) is 1. The quantitative estimate of drug-likeness (QED) is 0.0814. The first-order valence-corrected chi connectivity index (χ1v) is 16.4. The molecule has 6 N–H and O–H groups in total. The van der Waals surface area contributed by atoms with Crippen molar-refractivity contribution in [3.05, 3.63) is 112 Å². The fraction of sp³-hybridized carbons (Fsp3) is 0.316. The summed E-state index contributed by atoms with van der Waals surface area (Å²) in [5, 5.41) is 42.5. The molecular weight excluding hydrogens is 640 g/mol. The van der Waals surface area contributed by atoms with Crippen LogP contribution in [0.5, 0.6) is 0 Å². The summed E-state index contributed by atoms with van der Waals surface area (Å²) in [6, 6.07) is 17.2. The second-order valence-corrected chi connectivity index (χ2v) is 12.1. The van der Waals surface area contributed by atoms with Gasteiger partial charge in [0, 0.05) is 44.3 Å². The van der Waals surface area contributed by atoms with Gasteiger partial charge in [-0.3, -0.25) is 29.1 Å². The first kappa shape index (κ1) is 37.5. The average molecular weight is 683 g/mol. The minimum Gasteiger partial charge on any atom is -0.481 e. The normalized spacial score (nSPS) is 12.2. The van der Waals surface area contributed by atoms with Gasteiger partial charge in [0.25, 0.3) is 5.91 Å². The van der Waals surface area contributed by atoms with Gasteiger partial charge >= 0.3 is 11.9 Å². The number of rotatable bonds is 18. The van der Waals surface area contributed by atoms with Crippen LogP contribution in [-0.2, 0) is 29.0 Å². The lowest BCUT2D eigenvalue weighted by molar-refractivity contribution is -0.142. The van der Waals surface area contributed by atoms with Crippen LogP contribution in [0.3, 0.4) is 0 Å². The second-order valence-electron chi connectivity index (χ2n) is 12.1. The zero-order valence-corrected chi connectivity index (χ0v) is 28.1. The van der Waals surface area contributed by atoms with Gasteiger partial charge in [0.1, 0.15) is 17.4 Å². The number of carboxylic acids is 2. The van der Waals surface area contributed by atoms with E-state index in [4.69, 9.17) is 10.2 Å². The molecule has 0 aliphatic heterocycles. The Kier molecular flexibility index (Phi) is 13.4. The average Bonchev–Trinajstić information content (AvgIpc) is 3.10. The number of aliphatic carboxylic acids is 2. The Morgan fingerprint density at radius 2 is 1.36 bits per heavy atom. The molecule has 0 spiro atoms. The van der Waals surface area contributed by atoms with Crippen LogP contribution >= 0.6 is 0 Å². The summed E-state index contributed by atoms with van der Waals surface area (Å²) in [5.41, 5.74) is 7.00. The maximum Gasteiger partial charge on any atom is 0.320 e. The lowest BCUT2D eigenvalue weighted by atomic mass is 9.91. The molecule has 0 bridgehead atoms. The van der Waals surface area contributed by atoms with Crippen LogP contribution in [0.2, 0.25) is 0 Å². The minimum atomic E-state index is -1.05. The van der Waals surface area contributed by atoms with Crippen molar-refractivity contribution in [3.8, 4) is 11.1 Å². The van der Waals surface area contributed by atoms with E-state index in [9.17, 15) is 29.4 Å². The molecule has 2 atom stereocenters. The predicted octanol–water partition coefficient (Wildman–Crippen LogP) is 4.38. The number of carbonyl (C=O) groups excluding carboxylic acids is 2. The van der Waals surface area contributed by atoms with Crippen LogP contribution in [0.4, 0.5) is 5.69 Å². The summed E-state index contributed by atoms with van der Waals surface area (Å²) in [5.74, 6) is -3.21. The van der Waals surface area contributed by atoms with Crippen molar-refractivity contribution >= 4 is 29.3 Å². The minimum absolute atomic E-state index is 0.0798. The van der Waals surface area contributed by atoms with Crippen molar-refractivity contribution in [2.75, 3.05) is 18.5 Å². The summed E-state index contributed by atoms with van der Waals surface area (Å²) in [7, 11) is 0. The van der Waals surface area contributed by atoms with E-state index >= 15 is 0 Å². The Hall–Kier alpha value is -5.30. The molecule has 2 heterocycles. The molecular formula is C38H42N4O8. The molecule has 0 saturated heterocycles. The molecule has 0 radical (unpaired) electrons. The highest BCUT2D eigenvalue weighted by Crippen LogP contribution is 2.32. The number of nitrogens with one attached hydrogen (secondary N) is 2. The molecule has 4 aromatic rings. The third-order valence-electron chi connectivity index (χ3n) is 8.71. The number of hydrogen-bond donors (Lipinski definition) is 6. The third kappa shape index (κ3) is 9.88. The number of aryl methyl sites for hydroxylation is 1. The van der Waals surface area contributed by atoms with Crippen molar-refractivity contribution in [3.63, 3.8) is 0 Å². The lowest BCUT2D eigenvalue weighted by Gasteiger charge is -2.16. The summed E-state index contributed by atoms with van der Waals surface area (Å²) >= 11 is 0. The van der Waals surface area contributed by atoms with Gasteiger partial charge in [-0.25, -0.2) is 0 Å². The zero-order valence-electron chi connectivity index (χ0n) is 28.1. The Labute approximate surface area is 290 Å². The van der Waals surface area contributed by atoms with Crippen LogP contribution in [0.15, 0.2) is 73.1 Å². The predicted molar refractivity (Wildman–Crippen MR) is 187 cm³/mol. The highest BCUT2D eigenvalue weighted by molar-refractivity contribution is 6.04. The number of carbonyl (C=O) groups is 4. The molecule has 262 valence electrons. The van der Waals surface area contributed by atoms with Crippen molar-refractivity contribution in [2.24, 2.45) is 5.92 Å². The number of ketones is 1. The molecule has 0 aliphatic carbocycles. The first-order valence-electron chi connectivity index (χ1n) is 16.4. The van der Waals surface area contributed by atoms with Gasteiger partial charge in [-0.1, -0.05) is 42.5 Å². The summed E-state index contributed by atoms with van der Waals surface area (Å²) in [4.78, 5) is 57.6. The van der Waals surface area contributed by atoms with E-state index in [0.717, 1.165) is 33.4 Å². The van der Waals surface area contributed by atoms with Crippen molar-refractivity contribution in [1.29, 1.82) is 0 Å². The van der Waals surface area contributed by atoms with E-state index < -0.39 is 29.8 Å². The van der Waals surface area contributed by atoms with Crippen molar-refractivity contribution in [2.45, 2.75) is 58.5 Å². The molecule has 2 aromatic heterocycles. The van der Waals surface area contributed by atoms with Gasteiger partial charge < -0.3 is 31.1 Å². The number of hydrogen-bond acceptors (Lipinski definition) is 9. The second kappa shape index (κ2) is 17.9. The first-order chi connectivity index (χ1) is 24.0. The van der Waals surface area contributed by atoms with Gasteiger partial charge in [-0.2, -0.15) is 0 Å². The highest BCUT2D eigenvalue weighted by atomic mass is 16.4. The number of pyridine rings is 2. The number of aliphatic hydroxyl groups is 2. The van der Waals surface area contributed by atoms with E-state index in [0.29, 0.717) is 24.1 Å². The third-order valence-corrected chi connectivity index (χ3v) is 8.71. The Balaban J connectivity index is 1.42. The summed E-state index contributed by atoms with van der Waals surface area (Å²) in [6.07, 6.45) is 4.30. The van der Waals surface area contributed by atoms with Crippen LogP contribution in [0.25, 0.3) is 11.1 Å². The van der Waals surface area contributed by atoms with E-state index in [1.165, 1.54) is 6.20 Å². The molecule has 12 nitrogen and oxygen atoms in total. The van der Waals surface area contributed by atoms with Gasteiger partial charge in [-0.05, 0) is 96.7 Å². The van der Waals surface area contributed by atoms with E-state index in [-0.39, 0.29) is 56.2 Å². The van der Waals surface area contributed by atoms with Crippen molar-refractivity contribution < 1.29 is 39.6 Å². The number of aliphatic hydroxyl groups excluding tert-OH is 2. The largest absolute Gasteiger partial charge is 0.481 e. The number of amides is 1. The Morgan fingerprint density at radius 3 is 1.98 bits per heavy atom. The number of aromatic nitrogens is 2. The standard InChI is InChI=1S/C38H42N4O8/c1-23-28(19-35(45)32-13-11-26(21-39-32)22-41-34(16-18-44)38(49)50)5-3-6-29(23)30-7-4-8-31(24(30)2)42-36(46)33-14-10-25(20-40-33)9-12-27(15-17-43)37(47)48/h3-8,10-11,13-14,20-21,27,34,41,43-44H,9,12,15-19,22H2,1-2H3,(H,42,46)(H,47,48)(H,49,50)/t27-,34-/m0/s1. The van der Waals surface area contributed by atoms with Gasteiger partial charge in [0.2, 0.25) is 0 Å². The maximum atomic E-state index is 13.2. The molecule has 1 amide bonds. The van der Waals surface area contributed by atoms with Gasteiger partial charge in [0.15, 0.2) is 5.78 Å². The van der Waals surface area contributed by atoms with Crippen LogP contribution in [-0.4, -0.2) is 73.3 Å². The van der Waals surface area contributed by atoms with Crippen LogP contribution in [0, 0.1) is 19.8 Å². The SMILES string of the molecule is Cc1c(CC(=O)c2ccc(CN[C@@H](CCO)C(=O)O)cn2)cccc1-c1cccc(NC(=O)c2ccc(CC[C@@H](CCO)C(=O)O)cn2)c1C. The molecule has 12 heteroatoms. The Bertz CT molecular complexity index is 1680. The van der Waals surface area contributed by atoms with Gasteiger partial charge in [0.05, 0.1) is 5.92 Å². The summed E-state index contributed by atoms with van der Waals surface area (Å²) < 4.78 is 0. The maximum absolute atomic E-state index is 13.2. The molecule has 4 rings (SSSR count). The number of carboxylic acid groups (broad SMARTS) is 2. The topological polar surface area (TPSA) is 199 Å². The fourth-order valence-corrected chi connectivity index (χ4v) is 5.65. The number of anilines is 1. The lowest BCUT2D eigenvalue weighted by Crippen LogP contribution is -2.36. The summed E-state index contributed by atoms with van der Waals surface area (Å²) in [6.45, 7) is 3.64. The molecule has 2 aromatic carbocycles. The van der Waals surface area contributed by atoms with Crippen LogP contribution < -0.4 is 10.6 Å². The smallest absolute Gasteiger partial charge is 0.320 e. The van der Waals surface area contributed by atoms with Gasteiger partial charge in [-0.15, -0.1) is 0 Å². The van der Waals surface area contributed by atoms with E-state index in [2.05, 4.69) is 20.6 Å². The number of nitrogens with zero attached hydrogens (tertiary/aromatic N) is 2. The zero-order chi connectivity index (χ0) is 36.2. The molecule has 0 saturated carbocycles. The molecule has 0 unspecified atom stereocenters. The van der Waals surface area contributed by atoms with Crippen molar-refractivity contribution in [1.82, 2.24) is 15.3 Å². The molecule has 50 heavy (non-hydrogen) atoms. The van der Waals surface area contributed by atoms with Crippen LogP contribution in [0.1, 0.15) is 68.1 Å². The fourth-order valence-electron chi connectivity index (χ4n) is 5.65. The number of benzene rings is 2. The Morgan fingerprint density at radius 1 is 0.720 bits per heavy atom. The molecule has 0 fully saturated rings. The van der Waals surface area contributed by atoms with E-state index in [1.807, 2.05) is 44.2 Å². The molecule has 0 aliphatic rings. The monoisotopic (exact) mass is 682 g/mol. The highest BCUT2D eigenvalue weighted by Gasteiger charge is 2.19.